The molecule has 2 saturated heterocycles. The number of carbonyl (C=O) groups is 1. The third-order valence-electron chi connectivity index (χ3n) is 6.47. The number of rotatable bonds is 2. The first-order valence-electron chi connectivity index (χ1n) is 10.0. The van der Waals surface area contributed by atoms with E-state index in [1.165, 1.54) is 0 Å². The van der Waals surface area contributed by atoms with Crippen molar-refractivity contribution in [1.29, 1.82) is 0 Å². The molecule has 29 heavy (non-hydrogen) atoms. The molecule has 164 valence electrons. The minimum absolute atomic E-state index is 0. The Balaban J connectivity index is 0.00000150. The number of aliphatic hydroxyl groups excluding tert-OH is 1. The molecule has 1 spiro atoms. The maximum absolute atomic E-state index is 12.9. The summed E-state index contributed by atoms with van der Waals surface area (Å²) in [6, 6.07) is 1.73. The van der Waals surface area contributed by atoms with Crippen LogP contribution in [0.25, 0.3) is 0 Å². The van der Waals surface area contributed by atoms with Crippen LogP contribution >= 0.6 is 24.8 Å². The smallest absolute Gasteiger partial charge is 0.261 e. The molecule has 3 heterocycles. The lowest BCUT2D eigenvalue weighted by atomic mass is 9.75. The molecule has 2 aliphatic heterocycles. The molecule has 9 heteroatoms. The van der Waals surface area contributed by atoms with Crippen LogP contribution in [0.3, 0.4) is 0 Å². The van der Waals surface area contributed by atoms with Gasteiger partial charge in [0.15, 0.2) is 0 Å². The van der Waals surface area contributed by atoms with E-state index in [2.05, 4.69) is 15.6 Å². The summed E-state index contributed by atoms with van der Waals surface area (Å²) in [6.07, 6.45) is 5.32. The molecular weight excluding hydrogens is 417 g/mol. The highest BCUT2D eigenvalue weighted by atomic mass is 35.5. The van der Waals surface area contributed by atoms with E-state index in [0.717, 1.165) is 62.9 Å². The molecule has 0 saturated carbocycles. The first-order valence-corrected chi connectivity index (χ1v) is 10.0. The Labute approximate surface area is 183 Å². The Morgan fingerprint density at radius 1 is 1.24 bits per heavy atom. The molecule has 4 N–H and O–H groups in total. The van der Waals surface area contributed by atoms with Crippen molar-refractivity contribution in [1.82, 2.24) is 15.6 Å². The molecule has 0 unspecified atom stereocenters. The number of H-pyrrole nitrogens is 1. The number of halogens is 2. The highest BCUT2D eigenvalue weighted by Crippen LogP contribution is 2.38. The van der Waals surface area contributed by atoms with E-state index in [4.69, 9.17) is 4.74 Å². The van der Waals surface area contributed by atoms with Crippen molar-refractivity contribution in [2.24, 2.45) is 0 Å². The topological polar surface area (TPSA) is 103 Å². The zero-order valence-electron chi connectivity index (χ0n) is 16.7. The third-order valence-corrected chi connectivity index (χ3v) is 6.47. The predicted molar refractivity (Wildman–Crippen MR) is 115 cm³/mol. The zero-order valence-corrected chi connectivity index (χ0v) is 18.3. The quantitative estimate of drug-likeness (QED) is 0.549. The number of hydrogen-bond donors (Lipinski definition) is 4. The number of nitrogens with one attached hydrogen (secondary N) is 3. The molecule has 1 aromatic rings. The van der Waals surface area contributed by atoms with Crippen molar-refractivity contribution in [2.45, 2.75) is 69.1 Å². The van der Waals surface area contributed by atoms with E-state index >= 15 is 0 Å². The van der Waals surface area contributed by atoms with Crippen molar-refractivity contribution in [3.05, 3.63) is 33.2 Å². The van der Waals surface area contributed by atoms with Gasteiger partial charge >= 0.3 is 0 Å². The van der Waals surface area contributed by atoms with Gasteiger partial charge in [-0.2, -0.15) is 0 Å². The molecule has 4 rings (SSSR count). The molecule has 3 aliphatic rings. The van der Waals surface area contributed by atoms with Crippen molar-refractivity contribution >= 4 is 30.7 Å². The van der Waals surface area contributed by atoms with Crippen LogP contribution in [0.5, 0.6) is 0 Å². The maximum Gasteiger partial charge on any atom is 0.261 e. The summed E-state index contributed by atoms with van der Waals surface area (Å²) in [7, 11) is 0. The normalized spacial score (nSPS) is 27.9. The average Bonchev–Trinajstić information content (AvgIpc) is 2.65. The number of fused-ring (bicyclic) bond motifs is 1. The van der Waals surface area contributed by atoms with Crippen LogP contribution in [-0.2, 0) is 17.6 Å². The van der Waals surface area contributed by atoms with Crippen LogP contribution in [-0.4, -0.2) is 52.9 Å². The van der Waals surface area contributed by atoms with E-state index in [1.807, 2.05) is 6.92 Å². The summed E-state index contributed by atoms with van der Waals surface area (Å²) in [5.41, 5.74) is 0.640. The van der Waals surface area contributed by atoms with E-state index in [0.29, 0.717) is 6.42 Å². The van der Waals surface area contributed by atoms with Gasteiger partial charge in [-0.05, 0) is 70.2 Å². The first-order chi connectivity index (χ1) is 12.9. The fourth-order valence-electron chi connectivity index (χ4n) is 4.78. The standard InChI is InChI=1S/C20H29N3O4.2ClH/c1-19(12-20(27-11-16(19)24)6-8-21-9-7-20)23-18(26)14-10-13-4-2-3-5-15(13)22-17(14)25;;/h10,16,21,24H,2-9,11-12H2,1H3,(H,22,25)(H,23,26);2*1H/t16-,19-;;/m0../s1. The van der Waals surface area contributed by atoms with Gasteiger partial charge in [-0.15, -0.1) is 24.8 Å². The highest BCUT2D eigenvalue weighted by Gasteiger charge is 2.49. The van der Waals surface area contributed by atoms with Crippen molar-refractivity contribution < 1.29 is 14.6 Å². The van der Waals surface area contributed by atoms with Gasteiger partial charge in [-0.3, -0.25) is 9.59 Å². The Hall–Kier alpha value is -1.12. The van der Waals surface area contributed by atoms with Crippen LogP contribution in [0.2, 0.25) is 0 Å². The number of pyridine rings is 1. The zero-order chi connectivity index (χ0) is 19.1. The van der Waals surface area contributed by atoms with E-state index < -0.39 is 17.6 Å². The monoisotopic (exact) mass is 447 g/mol. The summed E-state index contributed by atoms with van der Waals surface area (Å²) in [6.45, 7) is 3.78. The molecule has 1 aliphatic carbocycles. The number of piperidine rings is 1. The lowest BCUT2D eigenvalue weighted by Gasteiger charge is -2.50. The minimum atomic E-state index is -0.824. The molecule has 1 aromatic heterocycles. The number of aliphatic hydroxyl groups is 1. The van der Waals surface area contributed by atoms with Crippen molar-refractivity contribution in [3.63, 3.8) is 0 Å². The van der Waals surface area contributed by atoms with Crippen LogP contribution in [0.1, 0.15) is 60.6 Å². The number of aromatic amines is 1. The molecule has 2 fully saturated rings. The van der Waals surface area contributed by atoms with Gasteiger partial charge in [-0.25, -0.2) is 0 Å². The number of amides is 1. The Morgan fingerprint density at radius 3 is 2.66 bits per heavy atom. The van der Waals surface area contributed by atoms with Crippen molar-refractivity contribution in [2.75, 3.05) is 19.7 Å². The Morgan fingerprint density at radius 2 is 1.93 bits per heavy atom. The van der Waals surface area contributed by atoms with Gasteiger partial charge in [-0.1, -0.05) is 0 Å². The SMILES string of the molecule is C[C@]1(NC(=O)c2cc3c([nH]c2=O)CCCC3)CC2(CCNCC2)OC[C@@H]1O.Cl.Cl. The third kappa shape index (κ3) is 4.80. The molecule has 7 nitrogen and oxygen atoms in total. The number of ether oxygens (including phenoxy) is 1. The lowest BCUT2D eigenvalue weighted by molar-refractivity contribution is -0.169. The average molecular weight is 448 g/mol. The van der Waals surface area contributed by atoms with E-state index in [-0.39, 0.29) is 48.1 Å². The minimum Gasteiger partial charge on any atom is -0.388 e. The van der Waals surface area contributed by atoms with Gasteiger partial charge in [0.25, 0.3) is 11.5 Å². The molecule has 2 atom stereocenters. The van der Waals surface area contributed by atoms with Crippen LogP contribution in [0.4, 0.5) is 0 Å². The summed E-state index contributed by atoms with van der Waals surface area (Å²) in [5.74, 6) is -0.419. The van der Waals surface area contributed by atoms with Crippen LogP contribution < -0.4 is 16.2 Å². The van der Waals surface area contributed by atoms with Gasteiger partial charge < -0.3 is 25.5 Å². The van der Waals surface area contributed by atoms with Gasteiger partial charge in [0.1, 0.15) is 11.7 Å². The predicted octanol–water partition coefficient (Wildman–Crippen LogP) is 1.49. The van der Waals surface area contributed by atoms with E-state index in [9.17, 15) is 14.7 Å². The first kappa shape index (κ1) is 24.2. The van der Waals surface area contributed by atoms with E-state index in [1.54, 1.807) is 6.07 Å². The molecule has 0 radical (unpaired) electrons. The highest BCUT2D eigenvalue weighted by molar-refractivity contribution is 5.94. The van der Waals surface area contributed by atoms with Crippen LogP contribution in [0.15, 0.2) is 10.9 Å². The number of carbonyl (C=O) groups excluding carboxylic acids is 1. The second-order valence-corrected chi connectivity index (χ2v) is 8.53. The number of hydrogen-bond acceptors (Lipinski definition) is 5. The second-order valence-electron chi connectivity index (χ2n) is 8.53. The Kier molecular flexibility index (Phi) is 7.79. The largest absolute Gasteiger partial charge is 0.388 e. The van der Waals surface area contributed by atoms with Crippen LogP contribution in [0, 0.1) is 0 Å². The summed E-state index contributed by atoms with van der Waals surface area (Å²) in [5, 5.41) is 16.9. The lowest BCUT2D eigenvalue weighted by Crippen LogP contribution is -2.65. The fourth-order valence-corrected chi connectivity index (χ4v) is 4.78. The number of aryl methyl sites for hydroxylation is 2. The number of aromatic nitrogens is 1. The molecule has 0 aromatic carbocycles. The summed E-state index contributed by atoms with van der Waals surface area (Å²) >= 11 is 0. The molecular formula is C20H31Cl2N3O4. The second kappa shape index (κ2) is 9.35. The van der Waals surface area contributed by atoms with Gasteiger partial charge in [0.2, 0.25) is 0 Å². The summed E-state index contributed by atoms with van der Waals surface area (Å²) in [4.78, 5) is 28.3. The summed E-state index contributed by atoms with van der Waals surface area (Å²) < 4.78 is 5.99. The van der Waals surface area contributed by atoms with Gasteiger partial charge in [0, 0.05) is 12.1 Å². The van der Waals surface area contributed by atoms with Crippen molar-refractivity contribution in [3.8, 4) is 0 Å². The fraction of sp³-hybridized carbons (Fsp3) is 0.700. The molecule has 1 amide bonds. The molecule has 0 bridgehead atoms. The maximum atomic E-state index is 12.9. The van der Waals surface area contributed by atoms with Gasteiger partial charge in [0.05, 0.1) is 17.7 Å². The Bertz CT molecular complexity index is 794.